The third-order valence-electron chi connectivity index (χ3n) is 6.10. The maximum absolute atomic E-state index is 9.10. The first kappa shape index (κ1) is 26.0. The van der Waals surface area contributed by atoms with E-state index < -0.39 is 5.41 Å². The van der Waals surface area contributed by atoms with Crippen LogP contribution in [0.25, 0.3) is 11.1 Å². The molecule has 0 spiro atoms. The lowest BCUT2D eigenvalue weighted by atomic mass is 9.66. The number of allylic oxidation sites excluding steroid dienone is 9. The molecule has 0 saturated heterocycles. The molecule has 0 atom stereocenters. The normalized spacial score (nSPS) is 15.0. The highest BCUT2D eigenvalue weighted by Crippen LogP contribution is 2.57. The van der Waals surface area contributed by atoms with E-state index in [1.54, 1.807) is 0 Å². The monoisotopic (exact) mass is 470 g/mol. The molecule has 0 fully saturated rings. The van der Waals surface area contributed by atoms with Crippen LogP contribution in [0.3, 0.4) is 0 Å². The third kappa shape index (κ3) is 5.24. The first-order chi connectivity index (χ1) is 17.0. The Kier molecular flexibility index (Phi) is 9.07. The highest BCUT2D eigenvalue weighted by molar-refractivity contribution is 5.87. The molecule has 4 heteroatoms. The maximum Gasteiger partial charge on any atom is 0.112 e. The van der Waals surface area contributed by atoms with Gasteiger partial charge < -0.3 is 19.7 Å². The van der Waals surface area contributed by atoms with Crippen LogP contribution in [-0.4, -0.2) is 36.6 Å². The van der Waals surface area contributed by atoms with Crippen LogP contribution < -0.4 is 0 Å². The topological polar surface area (TPSA) is 58.9 Å². The van der Waals surface area contributed by atoms with Gasteiger partial charge in [0.25, 0.3) is 0 Å². The lowest BCUT2D eigenvalue weighted by molar-refractivity contribution is 0.146. The average molecular weight is 471 g/mol. The molecule has 2 aromatic carbocycles. The molecule has 0 heterocycles. The standard InChI is InChI=1S/C31H34O4/c1-5-25(17-15-23(3)34-21-19-32)31(26(6-2)18-16-24(4)35-22-20-33)29-13-9-7-11-27(29)28-12-8-10-14-30(28)31/h5-18,32-33H,1,4,19-22H2,2-3H3/b18-16-,23-15+,25-17+,26-6+. The molecular formula is C31H34O4. The molecule has 0 aromatic heterocycles. The van der Waals surface area contributed by atoms with Gasteiger partial charge in [0.1, 0.15) is 19.0 Å². The molecule has 35 heavy (non-hydrogen) atoms. The molecule has 0 unspecified atom stereocenters. The van der Waals surface area contributed by atoms with Gasteiger partial charge in [-0.1, -0.05) is 86.0 Å². The van der Waals surface area contributed by atoms with Crippen LogP contribution in [0, 0.1) is 0 Å². The quantitative estimate of drug-likeness (QED) is 0.295. The smallest absolute Gasteiger partial charge is 0.112 e. The molecule has 2 aromatic rings. The summed E-state index contributed by atoms with van der Waals surface area (Å²) in [6, 6.07) is 16.9. The van der Waals surface area contributed by atoms with Gasteiger partial charge in [-0.3, -0.25) is 0 Å². The summed E-state index contributed by atoms with van der Waals surface area (Å²) in [6.45, 7) is 12.4. The second kappa shape index (κ2) is 12.2. The van der Waals surface area contributed by atoms with Crippen LogP contribution in [-0.2, 0) is 14.9 Å². The Morgan fingerprint density at radius 3 is 1.97 bits per heavy atom. The van der Waals surface area contributed by atoms with Crippen molar-refractivity contribution < 1.29 is 19.7 Å². The predicted molar refractivity (Wildman–Crippen MR) is 143 cm³/mol. The Morgan fingerprint density at radius 1 is 0.857 bits per heavy atom. The molecule has 0 saturated carbocycles. The number of hydrogen-bond donors (Lipinski definition) is 2. The van der Waals surface area contributed by atoms with Gasteiger partial charge in [0.15, 0.2) is 0 Å². The van der Waals surface area contributed by atoms with Crippen molar-refractivity contribution in [2.75, 3.05) is 26.4 Å². The van der Waals surface area contributed by atoms with Crippen molar-refractivity contribution in [3.8, 4) is 11.1 Å². The number of benzene rings is 2. The zero-order chi connectivity index (χ0) is 25.3. The number of aliphatic hydroxyl groups excluding tert-OH is 2. The van der Waals surface area contributed by atoms with Gasteiger partial charge in [-0.05, 0) is 59.4 Å². The largest absolute Gasteiger partial charge is 0.496 e. The minimum absolute atomic E-state index is 0.0380. The molecular weight excluding hydrogens is 436 g/mol. The van der Waals surface area contributed by atoms with Gasteiger partial charge in [-0.25, -0.2) is 0 Å². The fourth-order valence-electron chi connectivity index (χ4n) is 4.68. The van der Waals surface area contributed by atoms with E-state index in [4.69, 9.17) is 19.7 Å². The molecule has 0 amide bonds. The first-order valence-corrected chi connectivity index (χ1v) is 11.8. The van der Waals surface area contributed by atoms with E-state index in [1.807, 2.05) is 44.2 Å². The molecule has 182 valence electrons. The first-order valence-electron chi connectivity index (χ1n) is 11.8. The minimum Gasteiger partial charge on any atom is -0.496 e. The van der Waals surface area contributed by atoms with Crippen LogP contribution in [0.2, 0.25) is 0 Å². The molecule has 3 rings (SSSR count). The average Bonchev–Trinajstić information content (AvgIpc) is 3.18. The van der Waals surface area contributed by atoms with Crippen LogP contribution in [0.5, 0.6) is 0 Å². The highest BCUT2D eigenvalue weighted by Gasteiger charge is 2.46. The van der Waals surface area contributed by atoms with Crippen molar-refractivity contribution in [1.82, 2.24) is 0 Å². The summed E-state index contributed by atoms with van der Waals surface area (Å²) in [7, 11) is 0. The zero-order valence-electron chi connectivity index (χ0n) is 20.5. The van der Waals surface area contributed by atoms with E-state index in [1.165, 1.54) is 11.1 Å². The Hall–Kier alpha value is -3.60. The second-order valence-electron chi connectivity index (χ2n) is 8.13. The van der Waals surface area contributed by atoms with Crippen LogP contribution in [0.4, 0.5) is 0 Å². The van der Waals surface area contributed by atoms with E-state index >= 15 is 0 Å². The number of ether oxygens (including phenoxy) is 2. The molecule has 0 bridgehead atoms. The molecule has 4 nitrogen and oxygen atoms in total. The van der Waals surface area contributed by atoms with Crippen molar-refractivity contribution in [2.45, 2.75) is 19.3 Å². The van der Waals surface area contributed by atoms with Gasteiger partial charge in [-0.2, -0.15) is 0 Å². The van der Waals surface area contributed by atoms with E-state index in [9.17, 15) is 0 Å². The molecule has 1 aliphatic carbocycles. The van der Waals surface area contributed by atoms with Gasteiger partial charge in [-0.15, -0.1) is 0 Å². The van der Waals surface area contributed by atoms with Crippen LogP contribution in [0.1, 0.15) is 25.0 Å². The number of rotatable bonds is 12. The third-order valence-corrected chi connectivity index (χ3v) is 6.10. The van der Waals surface area contributed by atoms with Crippen molar-refractivity contribution in [1.29, 1.82) is 0 Å². The Labute approximate surface area is 208 Å². The van der Waals surface area contributed by atoms with Crippen LogP contribution in [0.15, 0.2) is 121 Å². The van der Waals surface area contributed by atoms with Crippen molar-refractivity contribution in [2.24, 2.45) is 0 Å². The lowest BCUT2D eigenvalue weighted by Crippen LogP contribution is -2.29. The van der Waals surface area contributed by atoms with Gasteiger partial charge in [0, 0.05) is 0 Å². The second-order valence-corrected chi connectivity index (χ2v) is 8.13. The molecule has 1 aliphatic rings. The zero-order valence-corrected chi connectivity index (χ0v) is 20.5. The lowest BCUT2D eigenvalue weighted by Gasteiger charge is -2.35. The van der Waals surface area contributed by atoms with Crippen molar-refractivity contribution >= 4 is 0 Å². The van der Waals surface area contributed by atoms with E-state index in [0.717, 1.165) is 22.3 Å². The summed E-state index contributed by atoms with van der Waals surface area (Å²) in [4.78, 5) is 0. The summed E-state index contributed by atoms with van der Waals surface area (Å²) >= 11 is 0. The number of fused-ring (bicyclic) bond motifs is 3. The Balaban J connectivity index is 2.27. The summed E-state index contributed by atoms with van der Waals surface area (Å²) in [6.07, 6.45) is 11.8. The van der Waals surface area contributed by atoms with E-state index in [2.05, 4.69) is 67.8 Å². The van der Waals surface area contributed by atoms with Gasteiger partial charge in [0.2, 0.25) is 0 Å². The Bertz CT molecular complexity index is 1130. The highest BCUT2D eigenvalue weighted by atomic mass is 16.5. The summed E-state index contributed by atoms with van der Waals surface area (Å²) in [5, 5.41) is 18.2. The van der Waals surface area contributed by atoms with E-state index in [-0.39, 0.29) is 26.4 Å². The fraction of sp³-hybridized carbons (Fsp3) is 0.226. The molecule has 0 aliphatic heterocycles. The van der Waals surface area contributed by atoms with Gasteiger partial charge >= 0.3 is 0 Å². The fourth-order valence-corrected chi connectivity index (χ4v) is 4.68. The SMILES string of the molecule is C=C/C(=C\C=C(/C)OCCO)C1(C(/C=C\C(=C)OCCO)=C/C)c2ccccc2-c2ccccc21. The summed E-state index contributed by atoms with van der Waals surface area (Å²) in [5.74, 6) is 1.18. The van der Waals surface area contributed by atoms with Crippen LogP contribution >= 0.6 is 0 Å². The summed E-state index contributed by atoms with van der Waals surface area (Å²) < 4.78 is 11.1. The number of hydrogen-bond acceptors (Lipinski definition) is 4. The maximum atomic E-state index is 9.10. The van der Waals surface area contributed by atoms with Crippen molar-refractivity contribution in [3.05, 3.63) is 132 Å². The minimum atomic E-state index is -0.620. The van der Waals surface area contributed by atoms with Gasteiger partial charge in [0.05, 0.1) is 24.4 Å². The van der Waals surface area contributed by atoms with E-state index in [0.29, 0.717) is 11.5 Å². The molecule has 0 radical (unpaired) electrons. The Morgan fingerprint density at radius 2 is 1.43 bits per heavy atom. The molecule has 2 N–H and O–H groups in total. The predicted octanol–water partition coefficient (Wildman–Crippen LogP) is 6.00. The number of aliphatic hydroxyl groups is 2. The summed E-state index contributed by atoms with van der Waals surface area (Å²) in [5.41, 5.74) is 6.08. The van der Waals surface area contributed by atoms with Crippen molar-refractivity contribution in [3.63, 3.8) is 0 Å².